The fourth-order valence-corrected chi connectivity index (χ4v) is 5.02. The molecule has 2 aromatic carbocycles. The Labute approximate surface area is 220 Å². The van der Waals surface area contributed by atoms with Gasteiger partial charge < -0.3 is 10.2 Å². The van der Waals surface area contributed by atoms with Crippen molar-refractivity contribution in [1.82, 2.24) is 10.2 Å². The number of nitrogens with zero attached hydrogens (tertiary/aromatic N) is 2. The molecule has 1 N–H and O–H groups in total. The first kappa shape index (κ1) is 29.6. The second-order valence-corrected chi connectivity index (χ2v) is 11.5. The molecule has 198 valence electrons. The predicted octanol–water partition coefficient (Wildman–Crippen LogP) is 4.84. The van der Waals surface area contributed by atoms with Crippen molar-refractivity contribution in [1.29, 1.82) is 0 Å². The largest absolute Gasteiger partial charge is 0.354 e. The number of nitrogens with one attached hydrogen (secondary N) is 1. The Kier molecular flexibility index (Phi) is 11.2. The second-order valence-electron chi connectivity index (χ2n) is 9.20. The van der Waals surface area contributed by atoms with E-state index in [0.717, 1.165) is 29.5 Å². The van der Waals surface area contributed by atoms with Crippen molar-refractivity contribution < 1.29 is 18.0 Å². The minimum atomic E-state index is -3.54. The summed E-state index contributed by atoms with van der Waals surface area (Å²) in [4.78, 5) is 27.6. The van der Waals surface area contributed by atoms with Gasteiger partial charge in [-0.25, -0.2) is 8.42 Å². The molecule has 2 amide bonds. The molecule has 1 atom stereocenters. The lowest BCUT2D eigenvalue weighted by Crippen LogP contribution is -2.48. The molecule has 0 fully saturated rings. The van der Waals surface area contributed by atoms with E-state index in [2.05, 4.69) is 5.32 Å². The van der Waals surface area contributed by atoms with Crippen molar-refractivity contribution in [2.24, 2.45) is 0 Å². The van der Waals surface area contributed by atoms with E-state index in [1.165, 1.54) is 10.6 Å². The van der Waals surface area contributed by atoms with Gasteiger partial charge in [-0.1, -0.05) is 49.2 Å². The fraction of sp³-hybridized carbons (Fsp3) is 0.481. The van der Waals surface area contributed by atoms with Gasteiger partial charge >= 0.3 is 0 Å². The molecule has 0 aliphatic heterocycles. The zero-order valence-electron chi connectivity index (χ0n) is 21.9. The normalized spacial score (nSPS) is 12.2. The van der Waals surface area contributed by atoms with E-state index in [9.17, 15) is 18.0 Å². The van der Waals surface area contributed by atoms with Gasteiger partial charge in [0.2, 0.25) is 21.8 Å². The van der Waals surface area contributed by atoms with E-state index < -0.39 is 16.1 Å². The average molecular weight is 536 g/mol. The van der Waals surface area contributed by atoms with Crippen LogP contribution in [0.3, 0.4) is 0 Å². The van der Waals surface area contributed by atoms with Crippen LogP contribution in [0.5, 0.6) is 0 Å². The number of halogens is 1. The van der Waals surface area contributed by atoms with Crippen LogP contribution in [-0.2, 0) is 26.2 Å². The van der Waals surface area contributed by atoms with E-state index in [0.29, 0.717) is 23.7 Å². The number of carbonyl (C=O) groups is 2. The van der Waals surface area contributed by atoms with Gasteiger partial charge in [0, 0.05) is 31.1 Å². The number of hydrogen-bond donors (Lipinski definition) is 1. The van der Waals surface area contributed by atoms with Crippen LogP contribution < -0.4 is 9.62 Å². The van der Waals surface area contributed by atoms with E-state index in [4.69, 9.17) is 11.6 Å². The standard InChI is InChI=1S/C27H38ClN3O4S/c1-6-7-16-29-27(33)22(4)30(19-23-12-14-24(28)15-13-23)26(32)9-8-17-31(36(5,34)35)25-18-20(2)10-11-21(25)3/h10-15,18,22H,6-9,16-17,19H2,1-5H3,(H,29,33). The Morgan fingerprint density at radius 2 is 1.72 bits per heavy atom. The lowest BCUT2D eigenvalue weighted by molar-refractivity contribution is -0.140. The number of hydrogen-bond acceptors (Lipinski definition) is 4. The third-order valence-corrected chi connectivity index (χ3v) is 7.48. The Morgan fingerprint density at radius 3 is 2.33 bits per heavy atom. The van der Waals surface area contributed by atoms with E-state index >= 15 is 0 Å². The summed E-state index contributed by atoms with van der Waals surface area (Å²) >= 11 is 6.00. The van der Waals surface area contributed by atoms with Gasteiger partial charge in [-0.3, -0.25) is 13.9 Å². The fourth-order valence-electron chi connectivity index (χ4n) is 3.88. The lowest BCUT2D eigenvalue weighted by Gasteiger charge is -2.29. The summed E-state index contributed by atoms with van der Waals surface area (Å²) in [5, 5.41) is 3.49. The summed E-state index contributed by atoms with van der Waals surface area (Å²) < 4.78 is 26.5. The lowest BCUT2D eigenvalue weighted by atomic mass is 10.1. The third-order valence-electron chi connectivity index (χ3n) is 6.05. The Morgan fingerprint density at radius 1 is 1.06 bits per heavy atom. The predicted molar refractivity (Wildman–Crippen MR) is 147 cm³/mol. The number of unbranched alkanes of at least 4 members (excludes halogenated alkanes) is 1. The van der Waals surface area contributed by atoms with E-state index in [1.54, 1.807) is 24.0 Å². The molecule has 0 aliphatic rings. The molecule has 0 aliphatic carbocycles. The highest BCUT2D eigenvalue weighted by Gasteiger charge is 2.26. The van der Waals surface area contributed by atoms with Gasteiger partial charge in [0.25, 0.3) is 0 Å². The van der Waals surface area contributed by atoms with Gasteiger partial charge in [0.15, 0.2) is 0 Å². The minimum absolute atomic E-state index is 0.108. The number of aryl methyl sites for hydroxylation is 2. The smallest absolute Gasteiger partial charge is 0.242 e. The summed E-state index contributed by atoms with van der Waals surface area (Å²) in [7, 11) is -3.54. The highest BCUT2D eigenvalue weighted by atomic mass is 35.5. The number of anilines is 1. The quantitative estimate of drug-likeness (QED) is 0.372. The Bertz CT molecular complexity index is 1140. The molecule has 7 nitrogen and oxygen atoms in total. The summed E-state index contributed by atoms with van der Waals surface area (Å²) in [6.45, 7) is 8.52. The zero-order chi connectivity index (χ0) is 26.9. The molecule has 0 saturated carbocycles. The van der Waals surface area contributed by atoms with Crippen LogP contribution >= 0.6 is 11.6 Å². The van der Waals surface area contributed by atoms with Gasteiger partial charge in [-0.15, -0.1) is 0 Å². The van der Waals surface area contributed by atoms with Gasteiger partial charge in [-0.2, -0.15) is 0 Å². The first-order chi connectivity index (χ1) is 16.9. The summed E-state index contributed by atoms with van der Waals surface area (Å²) in [6, 6.07) is 12.2. The van der Waals surface area contributed by atoms with Crippen LogP contribution in [0.15, 0.2) is 42.5 Å². The van der Waals surface area contributed by atoms with Crippen molar-refractivity contribution in [2.75, 3.05) is 23.7 Å². The molecule has 9 heteroatoms. The number of amides is 2. The molecule has 2 aromatic rings. The van der Waals surface area contributed by atoms with Crippen molar-refractivity contribution >= 4 is 39.1 Å². The second kappa shape index (κ2) is 13.7. The van der Waals surface area contributed by atoms with E-state index in [-0.39, 0.29) is 31.3 Å². The maximum Gasteiger partial charge on any atom is 0.242 e. The number of sulfonamides is 1. The molecule has 0 heterocycles. The molecule has 0 aromatic heterocycles. The van der Waals surface area contributed by atoms with Gasteiger partial charge in [0.05, 0.1) is 11.9 Å². The summed E-state index contributed by atoms with van der Waals surface area (Å²) in [5.41, 5.74) is 3.28. The molecule has 2 rings (SSSR count). The minimum Gasteiger partial charge on any atom is -0.354 e. The van der Waals surface area contributed by atoms with Crippen LogP contribution in [0.4, 0.5) is 5.69 Å². The third kappa shape index (κ3) is 8.82. The molecule has 0 bridgehead atoms. The van der Waals surface area contributed by atoms with Gasteiger partial charge in [-0.05, 0) is 68.5 Å². The number of benzene rings is 2. The molecule has 0 spiro atoms. The maximum absolute atomic E-state index is 13.3. The van der Waals surface area contributed by atoms with Crippen molar-refractivity contribution in [3.63, 3.8) is 0 Å². The van der Waals surface area contributed by atoms with Gasteiger partial charge in [0.1, 0.15) is 6.04 Å². The first-order valence-electron chi connectivity index (χ1n) is 12.3. The SMILES string of the molecule is CCCCNC(=O)C(C)N(Cc1ccc(Cl)cc1)C(=O)CCCN(c1cc(C)ccc1C)S(C)(=O)=O. The number of carbonyl (C=O) groups excluding carboxylic acids is 2. The van der Waals surface area contributed by atoms with Crippen molar-refractivity contribution in [2.45, 2.75) is 66.0 Å². The van der Waals surface area contributed by atoms with Crippen LogP contribution in [0.25, 0.3) is 0 Å². The monoisotopic (exact) mass is 535 g/mol. The highest BCUT2D eigenvalue weighted by Crippen LogP contribution is 2.25. The Hall–Kier alpha value is -2.58. The summed E-state index contributed by atoms with van der Waals surface area (Å²) in [6.07, 6.45) is 3.42. The Balaban J connectivity index is 2.17. The van der Waals surface area contributed by atoms with Crippen LogP contribution in [0, 0.1) is 13.8 Å². The molecule has 1 unspecified atom stereocenters. The van der Waals surface area contributed by atoms with Crippen molar-refractivity contribution in [3.8, 4) is 0 Å². The van der Waals surface area contributed by atoms with E-state index in [1.807, 2.05) is 51.1 Å². The van der Waals surface area contributed by atoms with Crippen LogP contribution in [-0.4, -0.2) is 50.5 Å². The maximum atomic E-state index is 13.3. The average Bonchev–Trinajstić information content (AvgIpc) is 2.82. The summed E-state index contributed by atoms with van der Waals surface area (Å²) in [5.74, 6) is -0.420. The van der Waals surface area contributed by atoms with Crippen LogP contribution in [0.2, 0.25) is 5.02 Å². The molecule has 0 saturated heterocycles. The highest BCUT2D eigenvalue weighted by molar-refractivity contribution is 7.92. The first-order valence-corrected chi connectivity index (χ1v) is 14.5. The molecule has 36 heavy (non-hydrogen) atoms. The zero-order valence-corrected chi connectivity index (χ0v) is 23.5. The molecular formula is C27H38ClN3O4S. The van der Waals surface area contributed by atoms with Crippen LogP contribution in [0.1, 0.15) is 56.2 Å². The topological polar surface area (TPSA) is 86.8 Å². The molecular weight excluding hydrogens is 498 g/mol. The molecule has 0 radical (unpaired) electrons. The van der Waals surface area contributed by atoms with Crippen molar-refractivity contribution in [3.05, 3.63) is 64.2 Å². The number of rotatable bonds is 13.